The third-order valence-corrected chi connectivity index (χ3v) is 8.35. The summed E-state index contributed by atoms with van der Waals surface area (Å²) in [6, 6.07) is 11.3. The minimum atomic E-state index is -3.15. The molecule has 2 aliphatic heterocycles. The van der Waals surface area contributed by atoms with Crippen LogP contribution in [0.5, 0.6) is 11.8 Å². The molecule has 0 N–H and O–H groups in total. The number of halogens is 2. The van der Waals surface area contributed by atoms with Gasteiger partial charge in [0.15, 0.2) is 0 Å². The molecule has 0 aliphatic carbocycles. The average molecular weight is 328 g/mol. The van der Waals surface area contributed by atoms with Gasteiger partial charge in [0.25, 0.3) is 0 Å². The van der Waals surface area contributed by atoms with Crippen LogP contribution in [0.15, 0.2) is 36.4 Å². The first kappa shape index (κ1) is 12.4. The maximum absolute atomic E-state index is 6.29. The molecule has 2 aliphatic rings. The van der Waals surface area contributed by atoms with Gasteiger partial charge in [0, 0.05) is 0 Å². The van der Waals surface area contributed by atoms with Crippen LogP contribution in [0.3, 0.4) is 0 Å². The second-order valence-corrected chi connectivity index (χ2v) is 11.6. The van der Waals surface area contributed by atoms with Crippen molar-refractivity contribution < 1.29 is 18.0 Å². The van der Waals surface area contributed by atoms with E-state index >= 15 is 0 Å². The zero-order valence-corrected chi connectivity index (χ0v) is 13.4. The van der Waals surface area contributed by atoms with E-state index < -0.39 is 7.84 Å². The second-order valence-electron chi connectivity index (χ2n) is 5.78. The number of rotatable bonds is 0. The Bertz CT molecular complexity index is 692. The van der Waals surface area contributed by atoms with E-state index in [1.54, 1.807) is 0 Å². The van der Waals surface area contributed by atoms with Gasteiger partial charge in [0.05, 0.1) is 0 Å². The van der Waals surface area contributed by atoms with Crippen molar-refractivity contribution in [3.8, 4) is 11.8 Å². The molecule has 0 unspecified atom stereocenters. The number of pyridine rings is 2. The van der Waals surface area contributed by atoms with Crippen molar-refractivity contribution in [2.24, 2.45) is 0 Å². The van der Waals surface area contributed by atoms with Gasteiger partial charge in [0.2, 0.25) is 0 Å². The van der Waals surface area contributed by atoms with Crippen LogP contribution < -0.4 is 18.0 Å². The van der Waals surface area contributed by atoms with Crippen molar-refractivity contribution in [2.45, 2.75) is 18.9 Å². The summed E-state index contributed by atoms with van der Waals surface area (Å²) in [5.41, 5.74) is 0. The fourth-order valence-corrected chi connectivity index (χ4v) is 7.88. The summed E-state index contributed by atoms with van der Waals surface area (Å²) in [6.45, 7) is 2.09. The van der Waals surface area contributed by atoms with Crippen molar-refractivity contribution in [3.05, 3.63) is 46.7 Å². The fourth-order valence-electron chi connectivity index (χ4n) is 3.06. The van der Waals surface area contributed by atoms with Gasteiger partial charge in [0.1, 0.15) is 0 Å². The number of fused-ring (bicyclic) bond motifs is 2. The molecule has 0 fully saturated rings. The van der Waals surface area contributed by atoms with E-state index in [-0.39, 0.29) is 0 Å². The Morgan fingerprint density at radius 1 is 0.900 bits per heavy atom. The molecule has 2 aromatic rings. The predicted octanol–water partition coefficient (Wildman–Crippen LogP) is 2.16. The summed E-state index contributed by atoms with van der Waals surface area (Å²) in [5, 5.41) is 1.32. The van der Waals surface area contributed by atoms with Crippen LogP contribution in [0.1, 0.15) is 0 Å². The van der Waals surface area contributed by atoms with E-state index in [4.69, 9.17) is 32.1 Å². The van der Waals surface area contributed by atoms with Gasteiger partial charge in [-0.1, -0.05) is 0 Å². The number of aromatic nitrogens is 2. The van der Waals surface area contributed by atoms with Crippen LogP contribution in [-0.4, -0.2) is 7.84 Å². The summed E-state index contributed by atoms with van der Waals surface area (Å²) >= 11 is 12.5. The first-order valence-corrected chi connectivity index (χ1v) is 10.4. The molecule has 2 aromatic heterocycles. The molecule has 0 bridgehead atoms. The fraction of sp³-hybridized carbons (Fsp3) is 0.231. The molecule has 0 saturated heterocycles. The molecular weight excluding hydrogens is 315 g/mol. The van der Waals surface area contributed by atoms with E-state index in [9.17, 15) is 0 Å². The minimum absolute atomic E-state index is 0.660. The maximum atomic E-state index is 6.29. The summed E-state index contributed by atoms with van der Waals surface area (Å²) in [7, 11) is -3.15. The Labute approximate surface area is 126 Å². The van der Waals surface area contributed by atoms with E-state index in [1.165, 1.54) is 0 Å². The van der Waals surface area contributed by atoms with Crippen LogP contribution in [0.2, 0.25) is 16.9 Å². The first-order chi connectivity index (χ1) is 9.47. The monoisotopic (exact) mass is 327 g/mol. The normalized spacial score (nSPS) is 22.2. The third-order valence-electron chi connectivity index (χ3n) is 3.89. The van der Waals surface area contributed by atoms with E-state index in [0.717, 1.165) is 11.8 Å². The predicted molar refractivity (Wildman–Crippen MR) is 76.2 cm³/mol. The standard InChI is InChI=1S/C13H13Cl2N2O2Si/c1-20(8-16-10(14)4-2-6-12(16)18-20)9-17-11(15)5-3-7-13(17)19-20/h2-7H,8-9H2,1H3/q+1. The molecule has 4 rings (SSSR count). The summed E-state index contributed by atoms with van der Waals surface area (Å²) in [5.74, 6) is 1.52. The molecule has 0 aromatic carbocycles. The number of nitrogens with zero attached hydrogens (tertiary/aromatic N) is 2. The van der Waals surface area contributed by atoms with Gasteiger partial charge in [-0.05, 0) is 0 Å². The van der Waals surface area contributed by atoms with Crippen LogP contribution in [-0.2, 0) is 12.3 Å². The van der Waals surface area contributed by atoms with Gasteiger partial charge in [-0.2, -0.15) is 0 Å². The van der Waals surface area contributed by atoms with Crippen LogP contribution in [0.25, 0.3) is 0 Å². The summed E-state index contributed by atoms with van der Waals surface area (Å²) in [6.07, 6.45) is 1.32. The summed E-state index contributed by atoms with van der Waals surface area (Å²) in [4.78, 5) is 0. The molecule has 4 heterocycles. The zero-order valence-electron chi connectivity index (χ0n) is 10.8. The topological polar surface area (TPSA) is 26.2 Å². The molecule has 0 atom stereocenters. The second kappa shape index (κ2) is 3.66. The number of hydrogen-bond acceptors (Lipinski definition) is 2. The van der Waals surface area contributed by atoms with Gasteiger partial charge >= 0.3 is 126 Å². The van der Waals surface area contributed by atoms with Crippen molar-refractivity contribution >= 4 is 31.0 Å². The Morgan fingerprint density at radius 2 is 1.35 bits per heavy atom. The first-order valence-electron chi connectivity index (χ1n) is 6.42. The van der Waals surface area contributed by atoms with E-state index in [2.05, 4.69) is 6.55 Å². The Kier molecular flexibility index (Phi) is 2.28. The van der Waals surface area contributed by atoms with E-state index in [1.807, 2.05) is 45.5 Å². The number of hydrogen-bond donors (Lipinski definition) is 0. The Balaban J connectivity index is 1.82. The van der Waals surface area contributed by atoms with Crippen LogP contribution in [0, 0.1) is 0 Å². The molecule has 1 spiro atoms. The SMILES string of the molecule is C[Si-]12(C[n+]3c(Cl)cccc3O1)C[n+]1c(Cl)cccc1O2. The van der Waals surface area contributed by atoms with Crippen LogP contribution in [0.4, 0.5) is 0 Å². The van der Waals surface area contributed by atoms with Crippen LogP contribution >= 0.6 is 23.2 Å². The van der Waals surface area contributed by atoms with Gasteiger partial charge in [-0.3, -0.25) is 0 Å². The molecule has 20 heavy (non-hydrogen) atoms. The van der Waals surface area contributed by atoms with Crippen molar-refractivity contribution in [1.82, 2.24) is 0 Å². The molecular formula is C13H13Cl2N2O2Si+. The molecule has 0 radical (unpaired) electrons. The summed E-state index contributed by atoms with van der Waals surface area (Å²) < 4.78 is 16.5. The quantitative estimate of drug-likeness (QED) is 0.421. The average Bonchev–Trinajstić information content (AvgIpc) is 2.86. The van der Waals surface area contributed by atoms with Gasteiger partial charge in [-0.25, -0.2) is 0 Å². The third kappa shape index (κ3) is 1.60. The van der Waals surface area contributed by atoms with Gasteiger partial charge < -0.3 is 0 Å². The van der Waals surface area contributed by atoms with Crippen molar-refractivity contribution in [1.29, 1.82) is 0 Å². The Morgan fingerprint density at radius 3 is 1.75 bits per heavy atom. The molecule has 0 saturated carbocycles. The molecule has 7 heteroatoms. The molecule has 0 amide bonds. The van der Waals surface area contributed by atoms with Gasteiger partial charge in [-0.15, -0.1) is 0 Å². The van der Waals surface area contributed by atoms with Crippen molar-refractivity contribution in [2.75, 3.05) is 0 Å². The molecule has 104 valence electrons. The zero-order chi connectivity index (χ0) is 14.0. The molecule has 4 nitrogen and oxygen atoms in total. The van der Waals surface area contributed by atoms with E-state index in [0.29, 0.717) is 22.6 Å². The van der Waals surface area contributed by atoms with Crippen molar-refractivity contribution in [3.63, 3.8) is 0 Å². The Hall–Kier alpha value is -1.30.